The number of carbonyl (C=O) groups is 1. The van der Waals surface area contributed by atoms with Gasteiger partial charge in [0.1, 0.15) is 0 Å². The minimum absolute atomic E-state index is 0.0393. The molecule has 3 atom stereocenters. The number of hydrazone groups is 1. The fraction of sp³-hybridized carbons (Fsp3) is 0.176. The quantitative estimate of drug-likeness (QED) is 0.223. The van der Waals surface area contributed by atoms with Gasteiger partial charge in [0, 0.05) is 32.2 Å². The molecule has 1 heterocycles. The Labute approximate surface area is 272 Å². The van der Waals surface area contributed by atoms with Crippen molar-refractivity contribution in [3.05, 3.63) is 134 Å². The number of nitrogens with one attached hydrogen (secondary N) is 1. The van der Waals surface area contributed by atoms with Gasteiger partial charge in [-0.3, -0.25) is 9.52 Å². The predicted molar refractivity (Wildman–Crippen MR) is 178 cm³/mol. The summed E-state index contributed by atoms with van der Waals surface area (Å²) in [5.74, 6) is -0.0930. The maximum absolute atomic E-state index is 14.2. The lowest BCUT2D eigenvalue weighted by Gasteiger charge is -2.32. The molecule has 0 unspecified atom stereocenters. The first-order valence-corrected chi connectivity index (χ1v) is 16.7. The number of hydrogen-bond donors (Lipinski definition) is 1. The maximum atomic E-state index is 14.2. The smallest absolute Gasteiger partial charge is 0.274 e. The SMILES string of the molecule is C[C@@H]1C/C(=C\c2ccc(Cl)cc2)C2=NN(C(=O)c3cccc(S(=O)(=O)Nc4ccc(Cl)cc4)c3)[C@H](c3ccc(Cl)cc3)[C@H]2C1. The average Bonchev–Trinajstić information content (AvgIpc) is 3.39. The zero-order chi connectivity index (χ0) is 31.0. The third-order valence-electron chi connectivity index (χ3n) is 7.88. The summed E-state index contributed by atoms with van der Waals surface area (Å²) in [7, 11) is -3.98. The van der Waals surface area contributed by atoms with Crippen molar-refractivity contribution in [3.8, 4) is 0 Å². The first-order valence-electron chi connectivity index (χ1n) is 14.1. The molecule has 6 nitrogen and oxygen atoms in total. The van der Waals surface area contributed by atoms with Crippen LogP contribution in [0.15, 0.2) is 113 Å². The van der Waals surface area contributed by atoms with Crippen LogP contribution in [-0.2, 0) is 10.0 Å². The number of allylic oxidation sites excluding steroid dienone is 1. The summed E-state index contributed by atoms with van der Waals surface area (Å²) in [4.78, 5) is 14.2. The number of benzene rings is 4. The molecule has 1 amide bonds. The van der Waals surface area contributed by atoms with Crippen LogP contribution in [0.3, 0.4) is 0 Å². The van der Waals surface area contributed by atoms with Crippen LogP contribution in [0.4, 0.5) is 5.69 Å². The second kappa shape index (κ2) is 12.4. The van der Waals surface area contributed by atoms with Gasteiger partial charge >= 0.3 is 0 Å². The van der Waals surface area contributed by atoms with E-state index in [1.807, 2.05) is 48.5 Å². The number of carbonyl (C=O) groups excluding carboxylic acids is 1. The molecule has 0 saturated heterocycles. The number of anilines is 1. The molecule has 0 bridgehead atoms. The topological polar surface area (TPSA) is 78.8 Å². The predicted octanol–water partition coefficient (Wildman–Crippen LogP) is 9.13. The summed E-state index contributed by atoms with van der Waals surface area (Å²) in [6.45, 7) is 2.21. The molecule has 224 valence electrons. The molecular weight excluding hydrogens is 637 g/mol. The summed E-state index contributed by atoms with van der Waals surface area (Å²) in [6.07, 6.45) is 3.77. The van der Waals surface area contributed by atoms with Gasteiger partial charge in [-0.05, 0) is 108 Å². The molecule has 0 radical (unpaired) electrons. The van der Waals surface area contributed by atoms with Gasteiger partial charge in [0.25, 0.3) is 15.9 Å². The van der Waals surface area contributed by atoms with Crippen molar-refractivity contribution in [2.45, 2.75) is 30.7 Å². The van der Waals surface area contributed by atoms with E-state index in [1.165, 1.54) is 17.1 Å². The molecule has 1 fully saturated rings. The minimum atomic E-state index is -3.98. The second-order valence-electron chi connectivity index (χ2n) is 11.1. The van der Waals surface area contributed by atoms with Crippen LogP contribution in [0.1, 0.15) is 47.3 Å². The van der Waals surface area contributed by atoms with E-state index in [0.29, 0.717) is 26.7 Å². The summed E-state index contributed by atoms with van der Waals surface area (Å²) < 4.78 is 29.1. The van der Waals surface area contributed by atoms with E-state index >= 15 is 0 Å². The van der Waals surface area contributed by atoms with Crippen molar-refractivity contribution in [1.29, 1.82) is 0 Å². The summed E-state index contributed by atoms with van der Waals surface area (Å²) >= 11 is 18.3. The fourth-order valence-electron chi connectivity index (χ4n) is 5.87. The standard InChI is InChI=1S/C34H28Cl3N3O3S/c1-21-17-25(19-22-5-9-26(35)10-6-22)32-31(18-21)33(23-7-11-27(36)12-8-23)40(38-32)34(41)24-3-2-4-30(20-24)44(42,43)39-29-15-13-28(37)14-16-29/h2-16,19-21,31,33,39H,17-18H2,1H3/b25-19+/t21-,31+,33-/m1/s1. The van der Waals surface area contributed by atoms with Gasteiger partial charge in [-0.15, -0.1) is 0 Å². The Bertz CT molecular complexity index is 1870. The van der Waals surface area contributed by atoms with Crippen molar-refractivity contribution in [2.24, 2.45) is 16.9 Å². The second-order valence-corrected chi connectivity index (χ2v) is 14.1. The van der Waals surface area contributed by atoms with Crippen LogP contribution in [0.5, 0.6) is 0 Å². The summed E-state index contributed by atoms with van der Waals surface area (Å²) in [5.41, 5.74) is 4.40. The highest BCUT2D eigenvalue weighted by molar-refractivity contribution is 7.92. The molecule has 0 aromatic heterocycles. The molecule has 6 rings (SSSR count). The van der Waals surface area contributed by atoms with Crippen LogP contribution in [0, 0.1) is 11.8 Å². The molecule has 10 heteroatoms. The third kappa shape index (κ3) is 6.42. The lowest BCUT2D eigenvalue weighted by Crippen LogP contribution is -2.33. The number of fused-ring (bicyclic) bond motifs is 1. The van der Waals surface area contributed by atoms with Crippen molar-refractivity contribution < 1.29 is 13.2 Å². The first kappa shape index (κ1) is 30.4. The molecule has 1 aliphatic heterocycles. The van der Waals surface area contributed by atoms with E-state index in [2.05, 4.69) is 17.7 Å². The fourth-order valence-corrected chi connectivity index (χ4v) is 7.35. The number of sulfonamides is 1. The van der Waals surface area contributed by atoms with Gasteiger partial charge in [0.05, 0.1) is 16.6 Å². The number of halogens is 3. The average molecular weight is 665 g/mol. The Morgan fingerprint density at radius 3 is 2.16 bits per heavy atom. The van der Waals surface area contributed by atoms with Crippen molar-refractivity contribution in [1.82, 2.24) is 5.01 Å². The number of rotatable bonds is 6. The van der Waals surface area contributed by atoms with Crippen LogP contribution in [0.25, 0.3) is 6.08 Å². The van der Waals surface area contributed by atoms with Crippen molar-refractivity contribution in [3.63, 3.8) is 0 Å². The van der Waals surface area contributed by atoms with Gasteiger partial charge < -0.3 is 0 Å². The van der Waals surface area contributed by atoms with E-state index in [0.717, 1.165) is 35.3 Å². The van der Waals surface area contributed by atoms with Crippen LogP contribution >= 0.6 is 34.8 Å². The zero-order valence-electron chi connectivity index (χ0n) is 23.6. The first-order chi connectivity index (χ1) is 21.1. The molecule has 1 aliphatic carbocycles. The molecule has 1 N–H and O–H groups in total. The van der Waals surface area contributed by atoms with E-state index < -0.39 is 22.0 Å². The molecule has 1 saturated carbocycles. The number of hydrogen-bond acceptors (Lipinski definition) is 4. The minimum Gasteiger partial charge on any atom is -0.280 e. The van der Waals surface area contributed by atoms with Crippen LogP contribution in [0.2, 0.25) is 15.1 Å². The molecule has 0 spiro atoms. The Balaban J connectivity index is 1.38. The highest BCUT2D eigenvalue weighted by atomic mass is 35.5. The van der Waals surface area contributed by atoms with E-state index in [1.54, 1.807) is 36.4 Å². The maximum Gasteiger partial charge on any atom is 0.274 e. The third-order valence-corrected chi connectivity index (χ3v) is 10.0. The molecule has 4 aromatic carbocycles. The van der Waals surface area contributed by atoms with Crippen molar-refractivity contribution in [2.75, 3.05) is 4.72 Å². The highest BCUT2D eigenvalue weighted by Gasteiger charge is 2.45. The highest BCUT2D eigenvalue weighted by Crippen LogP contribution is 2.46. The zero-order valence-corrected chi connectivity index (χ0v) is 26.7. The van der Waals surface area contributed by atoms with E-state index in [9.17, 15) is 13.2 Å². The van der Waals surface area contributed by atoms with Gasteiger partial charge in [-0.1, -0.05) is 72.1 Å². The Morgan fingerprint density at radius 2 is 1.50 bits per heavy atom. The normalized spacial score (nSPS) is 20.7. The number of nitrogens with zero attached hydrogens (tertiary/aromatic N) is 2. The summed E-state index contributed by atoms with van der Waals surface area (Å²) in [6, 6.07) is 27.0. The van der Waals surface area contributed by atoms with E-state index in [4.69, 9.17) is 39.9 Å². The van der Waals surface area contributed by atoms with Gasteiger partial charge in [0.2, 0.25) is 0 Å². The van der Waals surface area contributed by atoms with Gasteiger partial charge in [0.15, 0.2) is 0 Å². The van der Waals surface area contributed by atoms with Crippen LogP contribution in [-0.4, -0.2) is 25.0 Å². The van der Waals surface area contributed by atoms with Gasteiger partial charge in [-0.2, -0.15) is 5.10 Å². The van der Waals surface area contributed by atoms with E-state index in [-0.39, 0.29) is 16.4 Å². The van der Waals surface area contributed by atoms with Crippen molar-refractivity contribution >= 4 is 68.2 Å². The number of amides is 1. The Kier molecular flexibility index (Phi) is 8.57. The monoisotopic (exact) mass is 663 g/mol. The lowest BCUT2D eigenvalue weighted by molar-refractivity contribution is 0.0676. The van der Waals surface area contributed by atoms with Crippen LogP contribution < -0.4 is 4.72 Å². The molecule has 44 heavy (non-hydrogen) atoms. The Morgan fingerprint density at radius 1 is 0.886 bits per heavy atom. The largest absolute Gasteiger partial charge is 0.280 e. The van der Waals surface area contributed by atoms with Gasteiger partial charge in [-0.25, -0.2) is 13.4 Å². The molecular formula is C34H28Cl3N3O3S. The molecule has 2 aliphatic rings. The lowest BCUT2D eigenvalue weighted by atomic mass is 9.73. The molecule has 4 aromatic rings. The summed E-state index contributed by atoms with van der Waals surface area (Å²) in [5, 5.41) is 8.21. The Hall–Kier alpha value is -3.62.